The number of carbonyl (C=O) groups is 1. The molecule has 21 heavy (non-hydrogen) atoms. The molecule has 0 atom stereocenters. The molecule has 0 aliphatic heterocycles. The van der Waals surface area contributed by atoms with Crippen LogP contribution in [0.3, 0.4) is 0 Å². The van der Waals surface area contributed by atoms with Crippen LogP contribution in [-0.4, -0.2) is 38.0 Å². The Bertz CT molecular complexity index is 584. The molecule has 0 radical (unpaired) electrons. The van der Waals surface area contributed by atoms with E-state index in [4.69, 9.17) is 0 Å². The van der Waals surface area contributed by atoms with E-state index < -0.39 is 0 Å². The first-order valence-electron chi connectivity index (χ1n) is 6.99. The first-order valence-corrected chi connectivity index (χ1v) is 7.97. The predicted molar refractivity (Wildman–Crippen MR) is 83.0 cm³/mol. The topological polar surface area (TPSA) is 72.7 Å². The Morgan fingerprint density at radius 3 is 2.71 bits per heavy atom. The van der Waals surface area contributed by atoms with Crippen LogP contribution in [0.5, 0.6) is 0 Å². The summed E-state index contributed by atoms with van der Waals surface area (Å²) in [4.78, 5) is 15.6. The van der Waals surface area contributed by atoms with Gasteiger partial charge in [0.15, 0.2) is 11.0 Å². The van der Waals surface area contributed by atoms with Crippen LogP contribution in [0, 0.1) is 0 Å². The Balaban J connectivity index is 2.19. The number of nitrogens with zero attached hydrogens (tertiary/aromatic N) is 4. The zero-order chi connectivity index (χ0) is 15.1. The minimum Gasteiger partial charge on any atom is -0.356 e. The standard InChI is InChI=1S/C14H19N5OS/c1-3-9-19-13(11-5-7-15-8-6-11)17-18-14(19)21-10-12(20)16-4-2/h5-8H,3-4,9-10H2,1-2H3,(H,16,20). The molecule has 6 nitrogen and oxygen atoms in total. The summed E-state index contributed by atoms with van der Waals surface area (Å²) < 4.78 is 2.05. The normalized spacial score (nSPS) is 10.6. The zero-order valence-electron chi connectivity index (χ0n) is 12.2. The van der Waals surface area contributed by atoms with E-state index in [0.29, 0.717) is 12.3 Å². The van der Waals surface area contributed by atoms with E-state index >= 15 is 0 Å². The number of hydrogen-bond acceptors (Lipinski definition) is 5. The molecule has 2 aromatic rings. The van der Waals surface area contributed by atoms with E-state index in [2.05, 4.69) is 32.0 Å². The van der Waals surface area contributed by atoms with Crippen molar-refractivity contribution >= 4 is 17.7 Å². The van der Waals surface area contributed by atoms with Gasteiger partial charge in [0.2, 0.25) is 5.91 Å². The number of thioether (sulfide) groups is 1. The number of carbonyl (C=O) groups excluding carboxylic acids is 1. The van der Waals surface area contributed by atoms with Crippen molar-refractivity contribution < 1.29 is 4.79 Å². The van der Waals surface area contributed by atoms with Gasteiger partial charge in [-0.3, -0.25) is 9.78 Å². The summed E-state index contributed by atoms with van der Waals surface area (Å²) in [5, 5.41) is 12.0. The third-order valence-electron chi connectivity index (χ3n) is 2.81. The van der Waals surface area contributed by atoms with Crippen LogP contribution in [-0.2, 0) is 11.3 Å². The van der Waals surface area contributed by atoms with Crippen LogP contribution in [0.2, 0.25) is 0 Å². The van der Waals surface area contributed by atoms with Gasteiger partial charge in [-0.1, -0.05) is 18.7 Å². The second-order valence-electron chi connectivity index (χ2n) is 4.44. The van der Waals surface area contributed by atoms with Crippen molar-refractivity contribution in [3.8, 4) is 11.4 Å². The molecule has 0 fully saturated rings. The van der Waals surface area contributed by atoms with E-state index in [-0.39, 0.29) is 5.91 Å². The average molecular weight is 305 g/mol. The fraction of sp³-hybridized carbons (Fsp3) is 0.429. The fourth-order valence-electron chi connectivity index (χ4n) is 1.91. The van der Waals surface area contributed by atoms with Gasteiger partial charge in [-0.25, -0.2) is 0 Å². The lowest BCUT2D eigenvalue weighted by atomic mass is 10.2. The van der Waals surface area contributed by atoms with Crippen LogP contribution in [0.1, 0.15) is 20.3 Å². The Morgan fingerprint density at radius 2 is 2.05 bits per heavy atom. The molecule has 0 saturated heterocycles. The van der Waals surface area contributed by atoms with Gasteiger partial charge in [0.25, 0.3) is 0 Å². The van der Waals surface area contributed by atoms with E-state index in [1.807, 2.05) is 19.1 Å². The highest BCUT2D eigenvalue weighted by Crippen LogP contribution is 2.23. The summed E-state index contributed by atoms with van der Waals surface area (Å²) in [6.45, 7) is 5.48. The number of nitrogens with one attached hydrogen (secondary N) is 1. The van der Waals surface area contributed by atoms with Gasteiger partial charge in [0.05, 0.1) is 5.75 Å². The molecule has 2 aromatic heterocycles. The molecular weight excluding hydrogens is 286 g/mol. The molecule has 0 bridgehead atoms. The van der Waals surface area contributed by atoms with Gasteiger partial charge in [-0.05, 0) is 25.5 Å². The Morgan fingerprint density at radius 1 is 1.29 bits per heavy atom. The number of amides is 1. The van der Waals surface area contributed by atoms with Crippen molar-refractivity contribution in [3.63, 3.8) is 0 Å². The van der Waals surface area contributed by atoms with Crippen molar-refractivity contribution in [1.82, 2.24) is 25.1 Å². The third-order valence-corrected chi connectivity index (χ3v) is 3.78. The highest BCUT2D eigenvalue weighted by Gasteiger charge is 2.14. The van der Waals surface area contributed by atoms with E-state index in [0.717, 1.165) is 29.5 Å². The Hall–Kier alpha value is -1.89. The second kappa shape index (κ2) is 7.78. The summed E-state index contributed by atoms with van der Waals surface area (Å²) >= 11 is 1.41. The highest BCUT2D eigenvalue weighted by atomic mass is 32.2. The van der Waals surface area contributed by atoms with Crippen molar-refractivity contribution in [2.45, 2.75) is 32.0 Å². The number of aromatic nitrogens is 4. The monoisotopic (exact) mass is 305 g/mol. The van der Waals surface area contributed by atoms with Crippen molar-refractivity contribution in [2.75, 3.05) is 12.3 Å². The van der Waals surface area contributed by atoms with Gasteiger partial charge in [0, 0.05) is 31.0 Å². The summed E-state index contributed by atoms with van der Waals surface area (Å²) in [7, 11) is 0. The third kappa shape index (κ3) is 4.04. The lowest BCUT2D eigenvalue weighted by Gasteiger charge is -2.08. The van der Waals surface area contributed by atoms with Gasteiger partial charge in [0.1, 0.15) is 0 Å². The van der Waals surface area contributed by atoms with Gasteiger partial charge in [-0.2, -0.15) is 0 Å². The number of rotatable bonds is 7. The molecule has 0 saturated carbocycles. The highest BCUT2D eigenvalue weighted by molar-refractivity contribution is 7.99. The lowest BCUT2D eigenvalue weighted by molar-refractivity contribution is -0.118. The van der Waals surface area contributed by atoms with Crippen molar-refractivity contribution in [3.05, 3.63) is 24.5 Å². The van der Waals surface area contributed by atoms with Crippen LogP contribution in [0.15, 0.2) is 29.7 Å². The smallest absolute Gasteiger partial charge is 0.230 e. The molecule has 1 amide bonds. The average Bonchev–Trinajstić information content (AvgIpc) is 2.90. The molecule has 1 N–H and O–H groups in total. The predicted octanol–water partition coefficient (Wildman–Crippen LogP) is 1.98. The quantitative estimate of drug-likeness (QED) is 0.792. The Labute approximate surface area is 128 Å². The first-order chi connectivity index (χ1) is 10.3. The van der Waals surface area contributed by atoms with Crippen molar-refractivity contribution in [1.29, 1.82) is 0 Å². The van der Waals surface area contributed by atoms with Crippen molar-refractivity contribution in [2.24, 2.45) is 0 Å². The molecule has 2 heterocycles. The molecular formula is C14H19N5OS. The molecule has 0 unspecified atom stereocenters. The largest absolute Gasteiger partial charge is 0.356 e. The molecule has 0 spiro atoms. The molecule has 0 aliphatic rings. The molecule has 7 heteroatoms. The van der Waals surface area contributed by atoms with Crippen LogP contribution in [0.4, 0.5) is 0 Å². The van der Waals surface area contributed by atoms with E-state index in [1.54, 1.807) is 12.4 Å². The number of hydrogen-bond donors (Lipinski definition) is 1. The minimum absolute atomic E-state index is 0.0130. The fourth-order valence-corrected chi connectivity index (χ4v) is 2.71. The molecule has 2 rings (SSSR count). The maximum absolute atomic E-state index is 11.6. The maximum atomic E-state index is 11.6. The van der Waals surface area contributed by atoms with Gasteiger partial charge in [-0.15, -0.1) is 10.2 Å². The number of pyridine rings is 1. The lowest BCUT2D eigenvalue weighted by Crippen LogP contribution is -2.24. The van der Waals surface area contributed by atoms with Crippen LogP contribution in [0.25, 0.3) is 11.4 Å². The summed E-state index contributed by atoms with van der Waals surface area (Å²) in [6.07, 6.45) is 4.45. The first kappa shape index (κ1) is 15.5. The SMILES string of the molecule is CCCn1c(SCC(=O)NCC)nnc1-c1ccncc1. The Kier molecular flexibility index (Phi) is 5.74. The molecule has 0 aromatic carbocycles. The van der Waals surface area contributed by atoms with Crippen LogP contribution >= 0.6 is 11.8 Å². The van der Waals surface area contributed by atoms with E-state index in [9.17, 15) is 4.79 Å². The summed E-state index contributed by atoms with van der Waals surface area (Å²) in [5.74, 6) is 1.18. The van der Waals surface area contributed by atoms with Gasteiger partial charge >= 0.3 is 0 Å². The molecule has 112 valence electrons. The summed E-state index contributed by atoms with van der Waals surface area (Å²) in [6, 6.07) is 3.82. The minimum atomic E-state index is 0.0130. The van der Waals surface area contributed by atoms with Gasteiger partial charge < -0.3 is 9.88 Å². The summed E-state index contributed by atoms with van der Waals surface area (Å²) in [5.41, 5.74) is 0.982. The van der Waals surface area contributed by atoms with E-state index in [1.165, 1.54) is 11.8 Å². The maximum Gasteiger partial charge on any atom is 0.230 e. The van der Waals surface area contributed by atoms with Crippen LogP contribution < -0.4 is 5.32 Å². The zero-order valence-corrected chi connectivity index (χ0v) is 13.1. The molecule has 0 aliphatic carbocycles. The second-order valence-corrected chi connectivity index (χ2v) is 5.38.